The Morgan fingerprint density at radius 2 is 1.75 bits per heavy atom. The Morgan fingerprint density at radius 3 is 2.35 bits per heavy atom. The van der Waals surface area contributed by atoms with Crippen LogP contribution >= 0.6 is 15.9 Å². The first kappa shape index (κ1) is 14.7. The predicted molar refractivity (Wildman–Crippen MR) is 74.3 cm³/mol. The van der Waals surface area contributed by atoms with Gasteiger partial charge in [0.25, 0.3) is 0 Å². The highest BCUT2D eigenvalue weighted by molar-refractivity contribution is 9.10. The second-order valence-corrected chi connectivity index (χ2v) is 4.93. The fraction of sp³-hybridized carbons (Fsp3) is 0.143. The maximum atomic E-state index is 13.1. The Labute approximate surface area is 122 Å². The zero-order valence-corrected chi connectivity index (χ0v) is 12.1. The van der Waals surface area contributed by atoms with E-state index < -0.39 is 17.5 Å². The van der Waals surface area contributed by atoms with Gasteiger partial charge in [0.15, 0.2) is 17.5 Å². The smallest absolute Gasteiger partial charge is 0.194 e. The molecular formula is C14H11BrF3NO. The summed E-state index contributed by atoms with van der Waals surface area (Å²) in [6.07, 6.45) is 0. The van der Waals surface area contributed by atoms with Crippen LogP contribution in [0.15, 0.2) is 34.8 Å². The zero-order chi connectivity index (χ0) is 14.7. The van der Waals surface area contributed by atoms with E-state index in [4.69, 9.17) is 4.74 Å². The van der Waals surface area contributed by atoms with Crippen molar-refractivity contribution < 1.29 is 17.9 Å². The number of nitrogens with one attached hydrogen (secondary N) is 1. The predicted octanol–water partition coefficient (Wildman–Crippen LogP) is 4.49. The molecular weight excluding hydrogens is 335 g/mol. The van der Waals surface area contributed by atoms with Crippen molar-refractivity contribution in [2.24, 2.45) is 0 Å². The molecule has 2 rings (SSSR count). The third kappa shape index (κ3) is 3.25. The molecule has 2 aromatic rings. The summed E-state index contributed by atoms with van der Waals surface area (Å²) in [7, 11) is 1.54. The van der Waals surface area contributed by atoms with Crippen LogP contribution in [0.1, 0.15) is 5.56 Å². The van der Waals surface area contributed by atoms with Gasteiger partial charge in [0.05, 0.1) is 11.6 Å². The van der Waals surface area contributed by atoms with Crippen molar-refractivity contribution in [3.05, 3.63) is 57.8 Å². The van der Waals surface area contributed by atoms with E-state index in [0.29, 0.717) is 11.3 Å². The van der Waals surface area contributed by atoms with Gasteiger partial charge in [0, 0.05) is 18.3 Å². The van der Waals surface area contributed by atoms with Crippen LogP contribution in [0, 0.1) is 17.5 Å². The van der Waals surface area contributed by atoms with E-state index in [2.05, 4.69) is 21.2 Å². The first-order chi connectivity index (χ1) is 9.51. The number of anilines is 1. The minimum Gasteiger partial charge on any atom is -0.495 e. The topological polar surface area (TPSA) is 21.3 Å². The fourth-order valence-electron chi connectivity index (χ4n) is 1.68. The summed E-state index contributed by atoms with van der Waals surface area (Å²) in [6, 6.07) is 7.22. The number of ether oxygens (including phenoxy) is 1. The number of hydrogen-bond donors (Lipinski definition) is 1. The standard InChI is InChI=1S/C14H11BrF3NO/c1-20-13-6-9(2-3-10(13)15)19-7-8-4-11(16)14(18)12(17)5-8/h2-6,19H,7H2,1H3. The highest BCUT2D eigenvalue weighted by atomic mass is 79.9. The summed E-state index contributed by atoms with van der Waals surface area (Å²) in [5, 5.41) is 2.98. The second-order valence-electron chi connectivity index (χ2n) is 4.08. The Kier molecular flexibility index (Phi) is 4.54. The van der Waals surface area contributed by atoms with Crippen molar-refractivity contribution >= 4 is 21.6 Å². The normalized spacial score (nSPS) is 10.4. The van der Waals surface area contributed by atoms with E-state index in [1.807, 2.05) is 0 Å². The van der Waals surface area contributed by atoms with Crippen LogP contribution in [0.25, 0.3) is 0 Å². The van der Waals surface area contributed by atoms with Crippen molar-refractivity contribution in [2.45, 2.75) is 6.54 Å². The van der Waals surface area contributed by atoms with Gasteiger partial charge in [-0.05, 0) is 45.8 Å². The lowest BCUT2D eigenvalue weighted by Crippen LogP contribution is -2.02. The van der Waals surface area contributed by atoms with Gasteiger partial charge in [-0.2, -0.15) is 0 Å². The minimum absolute atomic E-state index is 0.166. The Balaban J connectivity index is 2.13. The van der Waals surface area contributed by atoms with Crippen molar-refractivity contribution in [3.8, 4) is 5.75 Å². The lowest BCUT2D eigenvalue weighted by Gasteiger charge is -2.10. The fourth-order valence-corrected chi connectivity index (χ4v) is 2.09. The van der Waals surface area contributed by atoms with Gasteiger partial charge < -0.3 is 10.1 Å². The highest BCUT2D eigenvalue weighted by Gasteiger charge is 2.10. The minimum atomic E-state index is -1.46. The number of hydrogen-bond acceptors (Lipinski definition) is 2. The number of benzene rings is 2. The molecule has 0 radical (unpaired) electrons. The lowest BCUT2D eigenvalue weighted by molar-refractivity contribution is 0.412. The van der Waals surface area contributed by atoms with Crippen LogP contribution in [0.3, 0.4) is 0 Å². The average molecular weight is 346 g/mol. The van der Waals surface area contributed by atoms with E-state index in [9.17, 15) is 13.2 Å². The van der Waals surface area contributed by atoms with Crippen LogP contribution in [0.2, 0.25) is 0 Å². The average Bonchev–Trinajstić information content (AvgIpc) is 2.43. The summed E-state index contributed by atoms with van der Waals surface area (Å²) >= 11 is 3.32. The van der Waals surface area contributed by atoms with Gasteiger partial charge in [0.2, 0.25) is 0 Å². The van der Waals surface area contributed by atoms with Crippen LogP contribution in [0.5, 0.6) is 5.75 Å². The molecule has 0 bridgehead atoms. The number of methoxy groups -OCH3 is 1. The first-order valence-corrected chi connectivity index (χ1v) is 6.51. The first-order valence-electron chi connectivity index (χ1n) is 5.72. The molecule has 0 aliphatic rings. The quantitative estimate of drug-likeness (QED) is 0.824. The zero-order valence-electron chi connectivity index (χ0n) is 10.5. The number of rotatable bonds is 4. The molecule has 0 fully saturated rings. The van der Waals surface area contributed by atoms with Crippen molar-refractivity contribution in [1.29, 1.82) is 0 Å². The molecule has 0 amide bonds. The lowest BCUT2D eigenvalue weighted by atomic mass is 10.2. The molecule has 0 aliphatic carbocycles. The van der Waals surface area contributed by atoms with Crippen LogP contribution in [-0.4, -0.2) is 7.11 Å². The van der Waals surface area contributed by atoms with Gasteiger partial charge in [-0.1, -0.05) is 0 Å². The van der Waals surface area contributed by atoms with Crippen molar-refractivity contribution in [2.75, 3.05) is 12.4 Å². The maximum absolute atomic E-state index is 13.1. The molecule has 0 spiro atoms. The third-order valence-corrected chi connectivity index (χ3v) is 3.35. The molecule has 0 unspecified atom stereocenters. The molecule has 6 heteroatoms. The second kappa shape index (κ2) is 6.17. The van der Waals surface area contributed by atoms with Crippen molar-refractivity contribution in [3.63, 3.8) is 0 Å². The molecule has 0 aliphatic heterocycles. The third-order valence-electron chi connectivity index (χ3n) is 2.69. The molecule has 0 aromatic heterocycles. The van der Waals surface area contributed by atoms with E-state index in [0.717, 1.165) is 22.3 Å². The molecule has 2 nitrogen and oxygen atoms in total. The van der Waals surface area contributed by atoms with Gasteiger partial charge in [-0.3, -0.25) is 0 Å². The SMILES string of the molecule is COc1cc(NCc2cc(F)c(F)c(F)c2)ccc1Br. The highest BCUT2D eigenvalue weighted by Crippen LogP contribution is 2.28. The maximum Gasteiger partial charge on any atom is 0.194 e. The Morgan fingerprint density at radius 1 is 1.10 bits per heavy atom. The van der Waals surface area contributed by atoms with E-state index >= 15 is 0 Å². The molecule has 0 heterocycles. The molecule has 1 N–H and O–H groups in total. The molecule has 2 aromatic carbocycles. The van der Waals surface area contributed by atoms with Crippen LogP contribution in [-0.2, 0) is 6.54 Å². The Bertz CT molecular complexity index is 611. The summed E-state index contributed by atoms with van der Waals surface area (Å²) in [6.45, 7) is 0.166. The summed E-state index contributed by atoms with van der Waals surface area (Å²) in [5.41, 5.74) is 1.03. The number of halogens is 4. The largest absolute Gasteiger partial charge is 0.495 e. The van der Waals surface area contributed by atoms with E-state index in [1.54, 1.807) is 18.2 Å². The van der Waals surface area contributed by atoms with Gasteiger partial charge in [-0.25, -0.2) is 13.2 Å². The Hall–Kier alpha value is -1.69. The molecule has 0 saturated carbocycles. The molecule has 0 saturated heterocycles. The van der Waals surface area contributed by atoms with Crippen LogP contribution in [0.4, 0.5) is 18.9 Å². The van der Waals surface area contributed by atoms with E-state index in [1.165, 1.54) is 7.11 Å². The molecule has 0 atom stereocenters. The van der Waals surface area contributed by atoms with E-state index in [-0.39, 0.29) is 6.54 Å². The van der Waals surface area contributed by atoms with Gasteiger partial charge >= 0.3 is 0 Å². The van der Waals surface area contributed by atoms with Crippen molar-refractivity contribution in [1.82, 2.24) is 0 Å². The summed E-state index contributed by atoms with van der Waals surface area (Å²) in [4.78, 5) is 0. The summed E-state index contributed by atoms with van der Waals surface area (Å²) in [5.74, 6) is -3.23. The molecule has 106 valence electrons. The van der Waals surface area contributed by atoms with Crippen LogP contribution < -0.4 is 10.1 Å². The molecule has 20 heavy (non-hydrogen) atoms. The summed E-state index contributed by atoms with van der Waals surface area (Å²) < 4.78 is 44.9. The van der Waals surface area contributed by atoms with Gasteiger partial charge in [0.1, 0.15) is 5.75 Å². The monoisotopic (exact) mass is 345 g/mol. The van der Waals surface area contributed by atoms with Gasteiger partial charge in [-0.15, -0.1) is 0 Å².